The van der Waals surface area contributed by atoms with Crippen LogP contribution in [0.25, 0.3) is 5.65 Å². The number of hydrogen-bond donors (Lipinski definition) is 4. The lowest BCUT2D eigenvalue weighted by atomic mass is 9.91. The second-order valence-electron chi connectivity index (χ2n) is 9.50. The van der Waals surface area contributed by atoms with Gasteiger partial charge in [-0.1, -0.05) is 39.3 Å². The number of aromatic carboxylic acids is 2. The molecule has 204 valence electrons. The summed E-state index contributed by atoms with van der Waals surface area (Å²) in [5.74, 6) is -2.25. The number of rotatable bonds is 8. The molecule has 0 aliphatic rings. The van der Waals surface area contributed by atoms with Crippen molar-refractivity contribution >= 4 is 56.3 Å². The summed E-state index contributed by atoms with van der Waals surface area (Å²) in [5.41, 5.74) is 0.344. The zero-order valence-corrected chi connectivity index (χ0v) is 22.8. The van der Waals surface area contributed by atoms with Crippen LogP contribution in [0.15, 0.2) is 51.5 Å². The Labute approximate surface area is 227 Å². The molecule has 0 atom stereocenters. The van der Waals surface area contributed by atoms with Gasteiger partial charge < -0.3 is 15.2 Å². The number of sulfonamides is 1. The lowest BCUT2D eigenvalue weighted by Crippen LogP contribution is -2.15. The maximum absolute atomic E-state index is 12.9. The number of H-pyrrole nitrogens is 1. The first-order chi connectivity index (χ1) is 18.2. The molecule has 0 unspecified atom stereocenters. The number of aryl methyl sites for hydroxylation is 1. The van der Waals surface area contributed by atoms with E-state index in [2.05, 4.69) is 30.1 Å². The van der Waals surface area contributed by atoms with Gasteiger partial charge in [0, 0.05) is 17.5 Å². The predicted octanol–water partition coefficient (Wildman–Crippen LogP) is 5.18. The minimum absolute atomic E-state index is 0.00588. The number of carbonyl (C=O) groups is 2. The number of nitrogens with zero attached hydrogens (tertiary/aromatic N) is 5. The minimum Gasteiger partial charge on any atom is -0.478 e. The highest BCUT2D eigenvalue weighted by Gasteiger charge is 2.26. The van der Waals surface area contributed by atoms with Gasteiger partial charge in [0.15, 0.2) is 11.3 Å². The van der Waals surface area contributed by atoms with E-state index in [4.69, 9.17) is 16.7 Å². The lowest BCUT2D eigenvalue weighted by molar-refractivity contribution is 0.0651. The van der Waals surface area contributed by atoms with Crippen molar-refractivity contribution in [2.24, 2.45) is 10.2 Å². The van der Waals surface area contributed by atoms with Crippen LogP contribution in [0.4, 0.5) is 17.1 Å². The molecule has 0 fully saturated rings. The van der Waals surface area contributed by atoms with Crippen molar-refractivity contribution in [2.75, 3.05) is 4.72 Å². The third-order valence-corrected chi connectivity index (χ3v) is 7.27. The summed E-state index contributed by atoms with van der Waals surface area (Å²) in [6, 6.07) is 6.88. The van der Waals surface area contributed by atoms with Gasteiger partial charge in [-0.3, -0.25) is 4.72 Å². The van der Waals surface area contributed by atoms with Crippen LogP contribution in [0.1, 0.15) is 59.9 Å². The number of halogens is 1. The molecule has 2 aromatic heterocycles. The third kappa shape index (κ3) is 5.61. The largest absolute Gasteiger partial charge is 0.478 e. The Morgan fingerprint density at radius 3 is 2.33 bits per heavy atom. The number of hydrogen-bond acceptors (Lipinski definition) is 8. The molecule has 0 saturated carbocycles. The Hall–Kier alpha value is -4.30. The highest BCUT2D eigenvalue weighted by atomic mass is 35.5. The van der Waals surface area contributed by atoms with Crippen LogP contribution in [0.3, 0.4) is 0 Å². The van der Waals surface area contributed by atoms with Gasteiger partial charge in [0.2, 0.25) is 0 Å². The molecule has 39 heavy (non-hydrogen) atoms. The molecule has 15 heteroatoms. The minimum atomic E-state index is -4.22. The molecule has 13 nitrogen and oxygen atoms in total. The molecule has 0 aliphatic carbocycles. The molecular weight excluding hydrogens is 550 g/mol. The molecule has 0 aliphatic heterocycles. The second kappa shape index (κ2) is 10.1. The van der Waals surface area contributed by atoms with E-state index in [0.29, 0.717) is 23.4 Å². The fourth-order valence-corrected chi connectivity index (χ4v) is 5.00. The molecule has 0 spiro atoms. The fourth-order valence-electron chi connectivity index (χ4n) is 3.64. The van der Waals surface area contributed by atoms with Gasteiger partial charge in [0.05, 0.1) is 26.7 Å². The first-order valence-electron chi connectivity index (χ1n) is 11.5. The standard InChI is InChI=1S/C24H24ClN7O6S/c1-5-18-26-21-19(20(24(2,3)4)30-32(21)29-18)28-27-17-9-7-13(11-16(17)25)39(37,38)31-12-6-8-14(22(33)34)15(10-12)23(35)36/h6-11,31H,5H2,1-4H3,(H,26,29)(H,33,34)(H,35,36)/b28-27+. The molecule has 0 saturated heterocycles. The Balaban J connectivity index is 1.65. The molecule has 0 bridgehead atoms. The van der Waals surface area contributed by atoms with E-state index in [1.165, 1.54) is 22.8 Å². The average molecular weight is 574 g/mol. The first-order valence-corrected chi connectivity index (χ1v) is 13.4. The molecule has 4 rings (SSSR count). The van der Waals surface area contributed by atoms with E-state index in [-0.39, 0.29) is 26.7 Å². The fraction of sp³-hybridized carbons (Fsp3) is 0.250. The van der Waals surface area contributed by atoms with Crippen LogP contribution in [0, 0.1) is 0 Å². The number of aromatic amines is 1. The monoisotopic (exact) mass is 573 g/mol. The van der Waals surface area contributed by atoms with Crippen LogP contribution in [-0.2, 0) is 21.9 Å². The summed E-state index contributed by atoms with van der Waals surface area (Å²) in [6.45, 7) is 7.87. The average Bonchev–Trinajstić information content (AvgIpc) is 3.41. The number of nitrogens with one attached hydrogen (secondary N) is 2. The molecule has 4 N–H and O–H groups in total. The molecule has 4 aromatic rings. The van der Waals surface area contributed by atoms with Gasteiger partial charge >= 0.3 is 11.9 Å². The van der Waals surface area contributed by atoms with Crippen LogP contribution < -0.4 is 4.72 Å². The van der Waals surface area contributed by atoms with E-state index < -0.39 is 33.1 Å². The zero-order chi connectivity index (χ0) is 28.7. The van der Waals surface area contributed by atoms with Crippen molar-refractivity contribution in [1.29, 1.82) is 0 Å². The van der Waals surface area contributed by atoms with E-state index in [9.17, 15) is 23.1 Å². The lowest BCUT2D eigenvalue weighted by Gasteiger charge is -2.15. The molecule has 2 aromatic carbocycles. The quantitative estimate of drug-likeness (QED) is 0.207. The van der Waals surface area contributed by atoms with Crippen LogP contribution in [-0.4, -0.2) is 50.4 Å². The number of anilines is 1. The van der Waals surface area contributed by atoms with E-state index in [0.717, 1.165) is 24.0 Å². The maximum Gasteiger partial charge on any atom is 0.336 e. The number of azo groups is 1. The van der Waals surface area contributed by atoms with Crippen LogP contribution in [0.2, 0.25) is 5.02 Å². The van der Waals surface area contributed by atoms with Crippen LogP contribution in [0.5, 0.6) is 0 Å². The van der Waals surface area contributed by atoms with E-state index in [1.54, 1.807) is 0 Å². The Morgan fingerprint density at radius 1 is 1.05 bits per heavy atom. The van der Waals surface area contributed by atoms with Crippen molar-refractivity contribution < 1.29 is 28.2 Å². The Morgan fingerprint density at radius 2 is 1.74 bits per heavy atom. The number of carboxylic acids is 2. The molecule has 0 amide bonds. The van der Waals surface area contributed by atoms with E-state index >= 15 is 0 Å². The highest BCUT2D eigenvalue weighted by Crippen LogP contribution is 2.36. The molecular formula is C24H24ClN7O6S. The number of fused-ring (bicyclic) bond motifs is 1. The van der Waals surface area contributed by atoms with Gasteiger partial charge in [-0.05, 0) is 36.4 Å². The summed E-state index contributed by atoms with van der Waals surface area (Å²) in [6.07, 6.45) is 0.669. The summed E-state index contributed by atoms with van der Waals surface area (Å²) in [7, 11) is -4.22. The number of benzene rings is 2. The smallest absolute Gasteiger partial charge is 0.336 e. The SMILES string of the molecule is CCc1nn2nc(C(C)(C)C)c(/N=N/c3ccc(S(=O)(=O)Nc4ccc(C(=O)O)c(C(=O)O)c4)cc3Cl)c2[nH]1. The number of aromatic nitrogens is 4. The summed E-state index contributed by atoms with van der Waals surface area (Å²) < 4.78 is 29.6. The van der Waals surface area contributed by atoms with Gasteiger partial charge in [0.1, 0.15) is 11.5 Å². The summed E-state index contributed by atoms with van der Waals surface area (Å²) >= 11 is 6.35. The van der Waals surface area contributed by atoms with Crippen molar-refractivity contribution in [3.05, 3.63) is 64.1 Å². The first kappa shape index (κ1) is 27.7. The normalized spacial score (nSPS) is 12.3. The Bertz CT molecular complexity index is 1750. The van der Waals surface area contributed by atoms with E-state index in [1.807, 2.05) is 27.7 Å². The van der Waals surface area contributed by atoms with Crippen molar-refractivity contribution in [3.63, 3.8) is 0 Å². The molecule has 2 heterocycles. The van der Waals surface area contributed by atoms with Gasteiger partial charge in [-0.25, -0.2) is 18.0 Å². The van der Waals surface area contributed by atoms with Gasteiger partial charge in [0.25, 0.3) is 10.0 Å². The number of carboxylic acid groups (broad SMARTS) is 2. The van der Waals surface area contributed by atoms with Crippen molar-refractivity contribution in [3.8, 4) is 0 Å². The third-order valence-electron chi connectivity index (χ3n) is 5.59. The second-order valence-corrected chi connectivity index (χ2v) is 11.6. The predicted molar refractivity (Wildman–Crippen MR) is 142 cm³/mol. The Kier molecular flexibility index (Phi) is 7.19. The van der Waals surface area contributed by atoms with Gasteiger partial charge in [-0.2, -0.15) is 5.10 Å². The van der Waals surface area contributed by atoms with Crippen LogP contribution >= 0.6 is 11.6 Å². The topological polar surface area (TPSA) is 191 Å². The van der Waals surface area contributed by atoms with Gasteiger partial charge in [-0.15, -0.1) is 20.0 Å². The molecule has 0 radical (unpaired) electrons. The summed E-state index contributed by atoms with van der Waals surface area (Å²) in [5, 5.41) is 35.9. The zero-order valence-electron chi connectivity index (χ0n) is 21.2. The maximum atomic E-state index is 12.9. The van der Waals surface area contributed by atoms with Crippen molar-refractivity contribution in [2.45, 2.75) is 44.4 Å². The summed E-state index contributed by atoms with van der Waals surface area (Å²) in [4.78, 5) is 25.6. The highest BCUT2D eigenvalue weighted by molar-refractivity contribution is 7.92. The van der Waals surface area contributed by atoms with Crippen molar-refractivity contribution in [1.82, 2.24) is 19.8 Å².